The minimum absolute atomic E-state index is 0.137. The van der Waals surface area contributed by atoms with Crippen molar-refractivity contribution in [3.8, 4) is 0 Å². The fraction of sp³-hybridized carbons (Fsp3) is 0.824. The van der Waals surface area contributed by atoms with Crippen LogP contribution >= 0.6 is 0 Å². The SMILES string of the molecule is CC1CC(Cn2nc(C(C)(C)C)cc2C(C)(C)C)C1. The maximum Gasteiger partial charge on any atom is 0.0681 e. The highest BCUT2D eigenvalue weighted by Gasteiger charge is 2.30. The summed E-state index contributed by atoms with van der Waals surface area (Å²) in [5.74, 6) is 1.75. The molecule has 2 nitrogen and oxygen atoms in total. The Kier molecular flexibility index (Phi) is 3.57. The van der Waals surface area contributed by atoms with Gasteiger partial charge in [-0.05, 0) is 30.7 Å². The van der Waals surface area contributed by atoms with E-state index < -0.39 is 0 Å². The second-order valence-electron chi connectivity index (χ2n) is 8.54. The van der Waals surface area contributed by atoms with Crippen molar-refractivity contribution >= 4 is 0 Å². The molecule has 19 heavy (non-hydrogen) atoms. The van der Waals surface area contributed by atoms with E-state index in [4.69, 9.17) is 5.10 Å². The second-order valence-corrected chi connectivity index (χ2v) is 8.54. The maximum absolute atomic E-state index is 4.91. The van der Waals surface area contributed by atoms with Gasteiger partial charge in [0.25, 0.3) is 0 Å². The molecule has 0 saturated heterocycles. The first kappa shape index (κ1) is 14.6. The molecule has 1 aromatic heterocycles. The number of nitrogens with zero attached hydrogens (tertiary/aromatic N) is 2. The summed E-state index contributed by atoms with van der Waals surface area (Å²) >= 11 is 0. The van der Waals surface area contributed by atoms with Crippen molar-refractivity contribution in [2.24, 2.45) is 11.8 Å². The van der Waals surface area contributed by atoms with Crippen LogP contribution in [0.4, 0.5) is 0 Å². The lowest BCUT2D eigenvalue weighted by molar-refractivity contribution is 0.178. The molecule has 0 unspecified atom stereocenters. The van der Waals surface area contributed by atoms with Gasteiger partial charge in [-0.15, -0.1) is 0 Å². The van der Waals surface area contributed by atoms with Gasteiger partial charge in [0.15, 0.2) is 0 Å². The Morgan fingerprint density at radius 1 is 1.11 bits per heavy atom. The molecular weight excluding hydrogens is 232 g/mol. The van der Waals surface area contributed by atoms with E-state index >= 15 is 0 Å². The van der Waals surface area contributed by atoms with E-state index in [1.165, 1.54) is 24.2 Å². The van der Waals surface area contributed by atoms with Crippen molar-refractivity contribution in [2.45, 2.75) is 78.7 Å². The monoisotopic (exact) mass is 262 g/mol. The summed E-state index contributed by atoms with van der Waals surface area (Å²) in [6.07, 6.45) is 2.74. The predicted molar refractivity (Wildman–Crippen MR) is 81.5 cm³/mol. The van der Waals surface area contributed by atoms with Crippen molar-refractivity contribution in [3.63, 3.8) is 0 Å². The van der Waals surface area contributed by atoms with Crippen molar-refractivity contribution in [3.05, 3.63) is 17.5 Å². The average Bonchev–Trinajstić information content (AvgIpc) is 2.58. The van der Waals surface area contributed by atoms with Crippen LogP contribution in [0.3, 0.4) is 0 Å². The Labute approximate surface area is 118 Å². The Morgan fingerprint density at radius 2 is 1.68 bits per heavy atom. The van der Waals surface area contributed by atoms with Crippen molar-refractivity contribution < 1.29 is 0 Å². The maximum atomic E-state index is 4.91. The molecule has 108 valence electrons. The van der Waals surface area contributed by atoms with E-state index in [0.717, 1.165) is 18.4 Å². The first-order valence-electron chi connectivity index (χ1n) is 7.66. The standard InChI is InChI=1S/C17H30N2/c1-12-8-13(9-12)11-19-15(17(5,6)7)10-14(18-19)16(2,3)4/h10,12-13H,8-9,11H2,1-7H3. The van der Waals surface area contributed by atoms with Crippen molar-refractivity contribution in [2.75, 3.05) is 0 Å². The van der Waals surface area contributed by atoms with Crippen LogP contribution < -0.4 is 0 Å². The molecule has 0 spiro atoms. The second kappa shape index (κ2) is 4.64. The first-order chi connectivity index (χ1) is 8.57. The van der Waals surface area contributed by atoms with E-state index in [1.54, 1.807) is 0 Å². The molecule has 2 rings (SSSR count). The molecule has 0 aliphatic heterocycles. The summed E-state index contributed by atoms with van der Waals surface area (Å²) in [6.45, 7) is 17.1. The Morgan fingerprint density at radius 3 is 2.11 bits per heavy atom. The molecule has 0 aromatic carbocycles. The van der Waals surface area contributed by atoms with Gasteiger partial charge in [0, 0.05) is 23.1 Å². The fourth-order valence-corrected chi connectivity index (χ4v) is 2.99. The van der Waals surface area contributed by atoms with Gasteiger partial charge in [0.2, 0.25) is 0 Å². The lowest BCUT2D eigenvalue weighted by Crippen LogP contribution is -2.28. The molecule has 0 radical (unpaired) electrons. The topological polar surface area (TPSA) is 17.8 Å². The van der Waals surface area contributed by atoms with E-state index in [-0.39, 0.29) is 10.8 Å². The molecule has 1 fully saturated rings. The molecule has 1 heterocycles. The minimum Gasteiger partial charge on any atom is -0.268 e. The van der Waals surface area contributed by atoms with Crippen LogP contribution in [0.1, 0.15) is 72.7 Å². The third-order valence-corrected chi connectivity index (χ3v) is 4.22. The highest BCUT2D eigenvalue weighted by Crippen LogP contribution is 2.36. The normalized spacial score (nSPS) is 24.4. The van der Waals surface area contributed by atoms with Gasteiger partial charge in [0.1, 0.15) is 0 Å². The van der Waals surface area contributed by atoms with Crippen LogP contribution in [-0.4, -0.2) is 9.78 Å². The zero-order valence-corrected chi connectivity index (χ0v) is 13.7. The third-order valence-electron chi connectivity index (χ3n) is 4.22. The Bertz CT molecular complexity index is 437. The highest BCUT2D eigenvalue weighted by molar-refractivity contribution is 5.22. The van der Waals surface area contributed by atoms with Gasteiger partial charge in [0.05, 0.1) is 5.69 Å². The molecule has 1 saturated carbocycles. The van der Waals surface area contributed by atoms with Gasteiger partial charge in [-0.1, -0.05) is 48.5 Å². The number of aromatic nitrogens is 2. The zero-order valence-electron chi connectivity index (χ0n) is 13.7. The van der Waals surface area contributed by atoms with E-state index in [0.29, 0.717) is 0 Å². The molecule has 2 heteroatoms. The van der Waals surface area contributed by atoms with Gasteiger partial charge in [-0.3, -0.25) is 4.68 Å². The van der Waals surface area contributed by atoms with E-state index in [9.17, 15) is 0 Å². The molecule has 0 N–H and O–H groups in total. The fourth-order valence-electron chi connectivity index (χ4n) is 2.99. The summed E-state index contributed by atoms with van der Waals surface area (Å²) in [4.78, 5) is 0. The van der Waals surface area contributed by atoms with Crippen LogP contribution in [0.15, 0.2) is 6.07 Å². The molecule has 0 atom stereocenters. The van der Waals surface area contributed by atoms with Gasteiger partial charge >= 0.3 is 0 Å². The molecular formula is C17H30N2. The summed E-state index contributed by atoms with van der Waals surface area (Å²) in [7, 11) is 0. The summed E-state index contributed by atoms with van der Waals surface area (Å²) < 4.78 is 2.29. The van der Waals surface area contributed by atoms with Gasteiger partial charge in [-0.2, -0.15) is 5.10 Å². The Hall–Kier alpha value is -0.790. The Balaban J connectivity index is 2.27. The molecule has 1 aliphatic carbocycles. The first-order valence-corrected chi connectivity index (χ1v) is 7.66. The molecule has 0 amide bonds. The zero-order chi connectivity index (χ0) is 14.4. The molecule has 1 aliphatic rings. The quantitative estimate of drug-likeness (QED) is 0.766. The van der Waals surface area contributed by atoms with Crippen molar-refractivity contribution in [1.29, 1.82) is 0 Å². The van der Waals surface area contributed by atoms with Crippen LogP contribution in [-0.2, 0) is 17.4 Å². The van der Waals surface area contributed by atoms with Crippen molar-refractivity contribution in [1.82, 2.24) is 9.78 Å². The van der Waals surface area contributed by atoms with Crippen LogP contribution in [0.5, 0.6) is 0 Å². The lowest BCUT2D eigenvalue weighted by Gasteiger charge is -2.33. The van der Waals surface area contributed by atoms with Crippen LogP contribution in [0.25, 0.3) is 0 Å². The third kappa shape index (κ3) is 3.21. The van der Waals surface area contributed by atoms with Gasteiger partial charge < -0.3 is 0 Å². The summed E-state index contributed by atoms with van der Waals surface area (Å²) in [5.41, 5.74) is 2.92. The van der Waals surface area contributed by atoms with E-state index in [1.807, 2.05) is 0 Å². The average molecular weight is 262 g/mol. The minimum atomic E-state index is 0.137. The van der Waals surface area contributed by atoms with Gasteiger partial charge in [-0.25, -0.2) is 0 Å². The molecule has 0 bridgehead atoms. The smallest absolute Gasteiger partial charge is 0.0681 e. The van der Waals surface area contributed by atoms with Crippen LogP contribution in [0, 0.1) is 11.8 Å². The summed E-state index contributed by atoms with van der Waals surface area (Å²) in [6, 6.07) is 2.32. The van der Waals surface area contributed by atoms with E-state index in [2.05, 4.69) is 59.2 Å². The number of hydrogen-bond acceptors (Lipinski definition) is 1. The number of hydrogen-bond donors (Lipinski definition) is 0. The van der Waals surface area contributed by atoms with Crippen LogP contribution in [0.2, 0.25) is 0 Å². The number of rotatable bonds is 2. The largest absolute Gasteiger partial charge is 0.268 e. The summed E-state index contributed by atoms with van der Waals surface area (Å²) in [5, 5.41) is 4.91. The predicted octanol–water partition coefficient (Wildman–Crippen LogP) is 4.52. The molecule has 1 aromatic rings. The highest BCUT2D eigenvalue weighted by atomic mass is 15.3. The lowest BCUT2D eigenvalue weighted by atomic mass is 9.76.